The molecule has 0 bridgehead atoms. The topological polar surface area (TPSA) is 20.3 Å². The van der Waals surface area contributed by atoms with Crippen molar-refractivity contribution in [2.45, 2.75) is 64.3 Å². The third-order valence-electron chi connectivity index (χ3n) is 3.90. The Hall–Kier alpha value is -0.523. The van der Waals surface area contributed by atoms with Crippen molar-refractivity contribution in [2.24, 2.45) is 0 Å². The van der Waals surface area contributed by atoms with Crippen LogP contribution in [0.25, 0.3) is 0 Å². The fourth-order valence-electron chi connectivity index (χ4n) is 3.53. The molecule has 0 heterocycles. The highest BCUT2D eigenvalue weighted by atomic mass is 28.3. The highest BCUT2D eigenvalue weighted by molar-refractivity contribution is 6.82. The second-order valence-corrected chi connectivity index (χ2v) is 11.6. The van der Waals surface area contributed by atoms with Gasteiger partial charge in [0.2, 0.25) is 0 Å². The summed E-state index contributed by atoms with van der Waals surface area (Å²) >= 11 is 0. The van der Waals surface area contributed by atoms with Gasteiger partial charge in [-0.15, -0.1) is 0 Å². The van der Waals surface area contributed by atoms with Crippen molar-refractivity contribution in [1.29, 1.82) is 0 Å². The largest absolute Gasteiger partial charge is 0.470 e. The summed E-state index contributed by atoms with van der Waals surface area (Å²) in [6, 6.07) is 0. The summed E-state index contributed by atoms with van der Waals surface area (Å²) in [4.78, 5) is 11.6. The lowest BCUT2D eigenvalue weighted by Gasteiger charge is -2.49. The van der Waals surface area contributed by atoms with E-state index in [1.165, 1.54) is 7.05 Å². The molecule has 18 heavy (non-hydrogen) atoms. The molecule has 1 amide bonds. The number of carbonyl (C=O) groups excluding carboxylic acids is 1. The molecule has 0 rings (SSSR count). The first-order valence-electron chi connectivity index (χ1n) is 6.25. The molecule has 0 atom stereocenters. The van der Waals surface area contributed by atoms with Gasteiger partial charge in [0.15, 0.2) is 8.24 Å². The van der Waals surface area contributed by atoms with Gasteiger partial charge in [0, 0.05) is 7.05 Å². The molecule has 0 aromatic carbocycles. The quantitative estimate of drug-likeness (QED) is 0.709. The number of rotatable bonds is 4. The fraction of sp³-hybridized carbons (Fsp3) is 0.917. The van der Waals surface area contributed by atoms with E-state index in [0.717, 1.165) is 4.57 Å². The average Bonchev–Trinajstić information content (AvgIpc) is 2.13. The van der Waals surface area contributed by atoms with E-state index in [0.29, 0.717) is 0 Å². The van der Waals surface area contributed by atoms with Crippen LogP contribution in [0.15, 0.2) is 0 Å². The molecule has 0 radical (unpaired) electrons. The smallest absolute Gasteiger partial charge is 0.363 e. The fourth-order valence-corrected chi connectivity index (χ4v) is 10.3. The van der Waals surface area contributed by atoms with Gasteiger partial charge in [-0.05, 0) is 16.6 Å². The molecule has 0 aliphatic rings. The summed E-state index contributed by atoms with van der Waals surface area (Å²) in [5, 5.41) is 0. The van der Waals surface area contributed by atoms with Crippen LogP contribution in [0.2, 0.25) is 16.6 Å². The minimum Gasteiger partial charge on any atom is -0.363 e. The molecule has 0 fully saturated rings. The molecule has 0 aliphatic carbocycles. The minimum atomic E-state index is -4.79. The Labute approximate surface area is 109 Å². The van der Waals surface area contributed by atoms with Crippen molar-refractivity contribution in [3.63, 3.8) is 0 Å². The molecule has 2 nitrogen and oxygen atoms in total. The molecule has 0 saturated heterocycles. The van der Waals surface area contributed by atoms with E-state index in [-0.39, 0.29) is 16.6 Å². The monoisotopic (exact) mass is 283 g/mol. The molecule has 6 heteroatoms. The Balaban J connectivity index is 5.67. The van der Waals surface area contributed by atoms with Crippen molar-refractivity contribution in [3.8, 4) is 0 Å². The molecule has 0 N–H and O–H groups in total. The first-order chi connectivity index (χ1) is 7.90. The average molecular weight is 283 g/mol. The molecule has 0 aromatic heterocycles. The summed E-state index contributed by atoms with van der Waals surface area (Å²) in [5.41, 5.74) is 0.233. The highest BCUT2D eigenvalue weighted by Gasteiger charge is 2.54. The second-order valence-electron chi connectivity index (χ2n) is 5.71. The molecule has 0 aliphatic heterocycles. The lowest BCUT2D eigenvalue weighted by Crippen LogP contribution is -2.62. The highest BCUT2D eigenvalue weighted by Crippen LogP contribution is 2.44. The van der Waals surface area contributed by atoms with Crippen molar-refractivity contribution < 1.29 is 18.0 Å². The van der Waals surface area contributed by atoms with Gasteiger partial charge in [0.1, 0.15) is 0 Å². The number of hydrogen-bond donors (Lipinski definition) is 0. The lowest BCUT2D eigenvalue weighted by molar-refractivity contribution is -0.180. The predicted octanol–water partition coefficient (Wildman–Crippen LogP) is 4.18. The zero-order valence-electron chi connectivity index (χ0n) is 12.2. The number of carbonyl (C=O) groups is 1. The van der Waals surface area contributed by atoms with Gasteiger partial charge < -0.3 is 4.57 Å². The summed E-state index contributed by atoms with van der Waals surface area (Å²) in [6.07, 6.45) is -4.79. The van der Waals surface area contributed by atoms with Crippen LogP contribution in [0.3, 0.4) is 0 Å². The number of alkyl halides is 3. The molecule has 0 unspecified atom stereocenters. The molecule has 0 spiro atoms. The zero-order chi connectivity index (χ0) is 14.9. The second kappa shape index (κ2) is 5.63. The number of nitrogens with zero attached hydrogens (tertiary/aromatic N) is 1. The predicted molar refractivity (Wildman–Crippen MR) is 69.9 cm³/mol. The van der Waals surface area contributed by atoms with E-state index in [4.69, 9.17) is 0 Å². The standard InChI is InChI=1S/C12H24F3NOSi/c1-8(2)18(9(3)4,10(5)6)16(7)11(17)12(13,14)15/h8-10H,1-7H3. The van der Waals surface area contributed by atoms with Gasteiger partial charge in [0.05, 0.1) is 0 Å². The molecule has 0 saturated carbocycles. The third-order valence-corrected chi connectivity index (χ3v) is 10.8. The van der Waals surface area contributed by atoms with Crippen molar-refractivity contribution in [2.75, 3.05) is 7.05 Å². The van der Waals surface area contributed by atoms with Gasteiger partial charge in [-0.2, -0.15) is 13.2 Å². The van der Waals surface area contributed by atoms with Crippen molar-refractivity contribution in [3.05, 3.63) is 0 Å². The lowest BCUT2D eigenvalue weighted by atomic mass is 10.5. The first-order valence-corrected chi connectivity index (χ1v) is 8.42. The summed E-state index contributed by atoms with van der Waals surface area (Å²) < 4.78 is 39.0. The SMILES string of the molecule is CC(C)[Si](C(C)C)(C(C)C)N(C)C(=O)C(F)(F)F. The number of amides is 1. The number of hydrogen-bond acceptors (Lipinski definition) is 1. The van der Waals surface area contributed by atoms with Gasteiger partial charge in [0.25, 0.3) is 0 Å². The van der Waals surface area contributed by atoms with E-state index in [2.05, 4.69) is 0 Å². The van der Waals surface area contributed by atoms with Gasteiger partial charge >= 0.3 is 12.1 Å². The molecule has 108 valence electrons. The van der Waals surface area contributed by atoms with Crippen LogP contribution in [-0.2, 0) is 4.79 Å². The van der Waals surface area contributed by atoms with Gasteiger partial charge in [-0.3, -0.25) is 4.79 Å². The summed E-state index contributed by atoms with van der Waals surface area (Å²) in [5.74, 6) is -1.70. The molecular formula is C12H24F3NOSi. The van der Waals surface area contributed by atoms with Gasteiger partial charge in [-0.25, -0.2) is 0 Å². The third kappa shape index (κ3) is 2.89. The van der Waals surface area contributed by atoms with Crippen LogP contribution in [0.5, 0.6) is 0 Å². The van der Waals surface area contributed by atoms with E-state index in [9.17, 15) is 18.0 Å². The van der Waals surface area contributed by atoms with Crippen LogP contribution < -0.4 is 0 Å². The van der Waals surface area contributed by atoms with E-state index >= 15 is 0 Å². The maximum Gasteiger partial charge on any atom is 0.470 e. The van der Waals surface area contributed by atoms with Crippen LogP contribution in [0.4, 0.5) is 13.2 Å². The molecular weight excluding hydrogens is 259 g/mol. The van der Waals surface area contributed by atoms with Crippen LogP contribution in [-0.4, -0.2) is 31.9 Å². The Morgan fingerprint density at radius 1 is 0.944 bits per heavy atom. The zero-order valence-corrected chi connectivity index (χ0v) is 13.2. The maximum absolute atomic E-state index is 12.7. The van der Waals surface area contributed by atoms with Crippen molar-refractivity contribution >= 4 is 14.1 Å². The maximum atomic E-state index is 12.7. The van der Waals surface area contributed by atoms with Crippen LogP contribution in [0.1, 0.15) is 41.5 Å². The molecule has 0 aromatic rings. The van der Waals surface area contributed by atoms with Crippen LogP contribution in [0, 0.1) is 0 Å². The Morgan fingerprint density at radius 3 is 1.39 bits per heavy atom. The summed E-state index contributed by atoms with van der Waals surface area (Å²) in [6.45, 7) is 11.5. The summed E-state index contributed by atoms with van der Waals surface area (Å²) in [7, 11) is -1.22. The minimum absolute atomic E-state index is 0.0776. The number of halogens is 3. The Bertz CT molecular complexity index is 278. The van der Waals surface area contributed by atoms with E-state index in [1.807, 2.05) is 41.5 Å². The van der Waals surface area contributed by atoms with E-state index < -0.39 is 20.3 Å². The van der Waals surface area contributed by atoms with Gasteiger partial charge in [-0.1, -0.05) is 41.5 Å². The Kier molecular flexibility index (Phi) is 5.47. The Morgan fingerprint density at radius 2 is 1.22 bits per heavy atom. The van der Waals surface area contributed by atoms with Crippen LogP contribution >= 0.6 is 0 Å². The first kappa shape index (κ1) is 17.5. The van der Waals surface area contributed by atoms with Crippen molar-refractivity contribution in [1.82, 2.24) is 4.57 Å². The van der Waals surface area contributed by atoms with E-state index in [1.54, 1.807) is 0 Å². The normalized spacial score (nSPS) is 13.6.